The highest BCUT2D eigenvalue weighted by molar-refractivity contribution is 7.92. The van der Waals surface area contributed by atoms with Crippen LogP contribution in [0.1, 0.15) is 17.3 Å². The molecule has 8 nitrogen and oxygen atoms in total. The number of methoxy groups -OCH3 is 1. The summed E-state index contributed by atoms with van der Waals surface area (Å²) in [6, 6.07) is 10.0. The van der Waals surface area contributed by atoms with E-state index in [1.54, 1.807) is 6.92 Å². The van der Waals surface area contributed by atoms with Crippen LogP contribution in [0.4, 0.5) is 5.69 Å². The second-order valence-electron chi connectivity index (χ2n) is 5.42. The van der Waals surface area contributed by atoms with Crippen molar-refractivity contribution >= 4 is 32.8 Å². The molecule has 1 heterocycles. The van der Waals surface area contributed by atoms with Gasteiger partial charge in [-0.3, -0.25) is 9.29 Å². The number of carbonyl (C=O) groups is 1. The van der Waals surface area contributed by atoms with Crippen molar-refractivity contribution in [3.63, 3.8) is 0 Å². The lowest BCUT2D eigenvalue weighted by molar-refractivity contribution is 0.0601. The largest absolute Gasteiger partial charge is 0.465 e. The lowest BCUT2D eigenvalue weighted by atomic mass is 10.2. The number of aryl methyl sites for hydroxylation is 1. The first-order valence-corrected chi connectivity index (χ1v) is 9.18. The standard InChI is InChI=1S/C17H16N2O6S/c1-3-19-14-9-8-13(10-15(14)25-17(19)21)26(22,23)18-12-6-4-11(5-7-12)16(20)24-2/h4-10,18H,3H2,1-2H3. The number of benzene rings is 2. The predicted octanol–water partition coefficient (Wildman–Crippen LogP) is 2.20. The van der Waals surface area contributed by atoms with Gasteiger partial charge in [-0.05, 0) is 43.3 Å². The number of hydrogen-bond donors (Lipinski definition) is 1. The Balaban J connectivity index is 1.91. The number of hydrogen-bond acceptors (Lipinski definition) is 6. The zero-order valence-electron chi connectivity index (χ0n) is 14.1. The molecule has 2 aromatic carbocycles. The minimum atomic E-state index is -3.89. The number of fused-ring (bicyclic) bond motifs is 1. The monoisotopic (exact) mass is 376 g/mol. The molecule has 0 spiro atoms. The summed E-state index contributed by atoms with van der Waals surface area (Å²) in [5.41, 5.74) is 1.31. The number of rotatable bonds is 5. The van der Waals surface area contributed by atoms with Gasteiger partial charge in [0.2, 0.25) is 0 Å². The van der Waals surface area contributed by atoms with Crippen LogP contribution in [0.15, 0.2) is 56.6 Å². The van der Waals surface area contributed by atoms with Crippen molar-refractivity contribution in [1.29, 1.82) is 0 Å². The van der Waals surface area contributed by atoms with E-state index in [0.717, 1.165) is 0 Å². The lowest BCUT2D eigenvalue weighted by Gasteiger charge is -2.08. The van der Waals surface area contributed by atoms with E-state index in [1.165, 1.54) is 54.1 Å². The SMILES string of the molecule is CCn1c(=O)oc2cc(S(=O)(=O)Nc3ccc(C(=O)OC)cc3)ccc21. The maximum absolute atomic E-state index is 12.6. The molecule has 0 unspecified atom stereocenters. The molecule has 0 fully saturated rings. The normalized spacial score (nSPS) is 11.5. The number of aromatic nitrogens is 1. The zero-order chi connectivity index (χ0) is 18.9. The fourth-order valence-corrected chi connectivity index (χ4v) is 3.59. The molecule has 1 aromatic heterocycles. The van der Waals surface area contributed by atoms with E-state index in [9.17, 15) is 18.0 Å². The van der Waals surface area contributed by atoms with Gasteiger partial charge in [0.15, 0.2) is 5.58 Å². The quantitative estimate of drug-likeness (QED) is 0.684. The number of nitrogens with zero attached hydrogens (tertiary/aromatic N) is 1. The Labute approximate surface area is 149 Å². The fourth-order valence-electron chi connectivity index (χ4n) is 2.52. The van der Waals surface area contributed by atoms with Crippen molar-refractivity contribution in [3.8, 4) is 0 Å². The molecule has 0 radical (unpaired) electrons. The Morgan fingerprint density at radius 3 is 2.50 bits per heavy atom. The second-order valence-corrected chi connectivity index (χ2v) is 7.10. The van der Waals surface area contributed by atoms with Gasteiger partial charge in [-0.1, -0.05) is 0 Å². The summed E-state index contributed by atoms with van der Waals surface area (Å²) in [6.45, 7) is 2.21. The molecule has 3 rings (SSSR count). The average molecular weight is 376 g/mol. The highest BCUT2D eigenvalue weighted by Crippen LogP contribution is 2.21. The van der Waals surface area contributed by atoms with E-state index in [0.29, 0.717) is 17.6 Å². The lowest BCUT2D eigenvalue weighted by Crippen LogP contribution is -2.13. The molecule has 3 aromatic rings. The summed E-state index contributed by atoms with van der Waals surface area (Å²) in [6.07, 6.45) is 0. The number of esters is 1. The van der Waals surface area contributed by atoms with E-state index in [1.807, 2.05) is 0 Å². The molecule has 9 heteroatoms. The molecule has 26 heavy (non-hydrogen) atoms. The second kappa shape index (κ2) is 6.68. The van der Waals surface area contributed by atoms with E-state index >= 15 is 0 Å². The molecule has 0 saturated heterocycles. The van der Waals surface area contributed by atoms with Crippen molar-refractivity contribution < 1.29 is 22.4 Å². The third-order valence-corrected chi connectivity index (χ3v) is 5.20. The van der Waals surface area contributed by atoms with Crippen molar-refractivity contribution in [2.45, 2.75) is 18.4 Å². The van der Waals surface area contributed by atoms with Crippen molar-refractivity contribution in [1.82, 2.24) is 4.57 Å². The average Bonchev–Trinajstić information content (AvgIpc) is 2.95. The molecular formula is C17H16N2O6S. The maximum Gasteiger partial charge on any atom is 0.419 e. The maximum atomic E-state index is 12.6. The summed E-state index contributed by atoms with van der Waals surface area (Å²) >= 11 is 0. The zero-order valence-corrected chi connectivity index (χ0v) is 14.9. The summed E-state index contributed by atoms with van der Waals surface area (Å²) in [5.74, 6) is -1.05. The van der Waals surface area contributed by atoms with Gasteiger partial charge in [-0.2, -0.15) is 0 Å². The first-order chi connectivity index (χ1) is 12.4. The van der Waals surface area contributed by atoms with E-state index in [-0.39, 0.29) is 16.2 Å². The van der Waals surface area contributed by atoms with Crippen LogP contribution in [-0.2, 0) is 21.3 Å². The van der Waals surface area contributed by atoms with Gasteiger partial charge in [-0.15, -0.1) is 0 Å². The molecule has 0 amide bonds. The third kappa shape index (κ3) is 3.21. The fraction of sp³-hybridized carbons (Fsp3) is 0.176. The molecule has 0 aliphatic heterocycles. The number of anilines is 1. The Morgan fingerprint density at radius 1 is 1.19 bits per heavy atom. The first-order valence-electron chi connectivity index (χ1n) is 7.70. The number of carbonyl (C=O) groups excluding carboxylic acids is 1. The van der Waals surface area contributed by atoms with Crippen LogP contribution >= 0.6 is 0 Å². The number of oxazole rings is 1. The predicted molar refractivity (Wildman–Crippen MR) is 94.7 cm³/mol. The van der Waals surface area contributed by atoms with Crippen LogP contribution in [-0.4, -0.2) is 26.1 Å². The van der Waals surface area contributed by atoms with E-state index < -0.39 is 21.7 Å². The van der Waals surface area contributed by atoms with Crippen LogP contribution in [0.2, 0.25) is 0 Å². The Kier molecular flexibility index (Phi) is 4.56. The molecule has 0 aliphatic carbocycles. The molecule has 0 atom stereocenters. The van der Waals surface area contributed by atoms with Crippen molar-refractivity contribution in [2.24, 2.45) is 0 Å². The topological polar surface area (TPSA) is 108 Å². The molecule has 0 bridgehead atoms. The highest BCUT2D eigenvalue weighted by Gasteiger charge is 2.18. The van der Waals surface area contributed by atoms with Crippen LogP contribution in [0.25, 0.3) is 11.1 Å². The van der Waals surface area contributed by atoms with E-state index in [2.05, 4.69) is 9.46 Å². The molecular weight excluding hydrogens is 360 g/mol. The van der Waals surface area contributed by atoms with Gasteiger partial charge < -0.3 is 9.15 Å². The van der Waals surface area contributed by atoms with Crippen molar-refractivity contribution in [3.05, 3.63) is 58.6 Å². The number of sulfonamides is 1. The third-order valence-electron chi connectivity index (χ3n) is 3.82. The van der Waals surface area contributed by atoms with Crippen LogP contribution in [0, 0.1) is 0 Å². The minimum Gasteiger partial charge on any atom is -0.465 e. The highest BCUT2D eigenvalue weighted by atomic mass is 32.2. The smallest absolute Gasteiger partial charge is 0.419 e. The van der Waals surface area contributed by atoms with Crippen LogP contribution in [0.3, 0.4) is 0 Å². The Hall–Kier alpha value is -3.07. The van der Waals surface area contributed by atoms with Crippen LogP contribution < -0.4 is 10.5 Å². The molecule has 1 N–H and O–H groups in total. The van der Waals surface area contributed by atoms with Gasteiger partial charge in [0.25, 0.3) is 10.0 Å². The van der Waals surface area contributed by atoms with Gasteiger partial charge >= 0.3 is 11.7 Å². The van der Waals surface area contributed by atoms with Crippen molar-refractivity contribution in [2.75, 3.05) is 11.8 Å². The first kappa shape index (κ1) is 17.7. The number of nitrogens with one attached hydrogen (secondary N) is 1. The van der Waals surface area contributed by atoms with Gasteiger partial charge in [0.05, 0.1) is 23.1 Å². The summed E-state index contributed by atoms with van der Waals surface area (Å²) in [5, 5.41) is 0. The molecule has 0 saturated carbocycles. The molecule has 136 valence electrons. The summed E-state index contributed by atoms with van der Waals surface area (Å²) in [7, 11) is -2.63. The molecule has 0 aliphatic rings. The van der Waals surface area contributed by atoms with Gasteiger partial charge in [0, 0.05) is 18.3 Å². The summed E-state index contributed by atoms with van der Waals surface area (Å²) < 4.78 is 38.6. The Morgan fingerprint density at radius 2 is 1.88 bits per heavy atom. The summed E-state index contributed by atoms with van der Waals surface area (Å²) in [4.78, 5) is 23.1. The number of ether oxygens (including phenoxy) is 1. The van der Waals surface area contributed by atoms with Gasteiger partial charge in [-0.25, -0.2) is 18.0 Å². The Bertz CT molecular complexity index is 1130. The van der Waals surface area contributed by atoms with E-state index in [4.69, 9.17) is 4.42 Å². The van der Waals surface area contributed by atoms with Crippen LogP contribution in [0.5, 0.6) is 0 Å². The minimum absolute atomic E-state index is 0.0425. The van der Waals surface area contributed by atoms with Gasteiger partial charge in [0.1, 0.15) is 0 Å².